The second-order valence-electron chi connectivity index (χ2n) is 3.16. The van der Waals surface area contributed by atoms with Crippen LogP contribution in [0.5, 0.6) is 0 Å². The van der Waals surface area contributed by atoms with Crippen molar-refractivity contribution in [1.82, 2.24) is 0 Å². The number of allylic oxidation sites excluding steroid dienone is 4. The minimum absolute atomic E-state index is 0.0206. The monoisotopic (exact) mass is 232 g/mol. The number of rotatable bonds is 0. The average molecular weight is 232 g/mol. The average Bonchev–Trinajstić information content (AvgIpc) is 1.99. The minimum atomic E-state index is -5.48. The highest BCUT2D eigenvalue weighted by molar-refractivity contribution is 5.24. The number of hydrogen-bond donors (Lipinski definition) is 1. The smallest absolute Gasteiger partial charge is 0.407 e. The molecule has 0 saturated heterocycles. The molecule has 0 heterocycles. The fourth-order valence-corrected chi connectivity index (χ4v) is 1.28. The molecule has 1 nitrogen and oxygen atoms in total. The Hall–Kier alpha value is -1.14. The number of alkyl halides is 6. The Kier molecular flexibility index (Phi) is 2.53. The largest absolute Gasteiger partial charge is 0.512 e. The summed E-state index contributed by atoms with van der Waals surface area (Å²) in [7, 11) is 0. The third-order valence-electron chi connectivity index (χ3n) is 2.14. The maximum atomic E-state index is 12.4. The van der Waals surface area contributed by atoms with Gasteiger partial charge in [-0.15, -0.1) is 0 Å². The van der Waals surface area contributed by atoms with Gasteiger partial charge in [-0.05, 0) is 6.08 Å². The van der Waals surface area contributed by atoms with E-state index in [4.69, 9.17) is 5.11 Å². The van der Waals surface area contributed by atoms with E-state index in [9.17, 15) is 26.3 Å². The fraction of sp³-hybridized carbons (Fsp3) is 0.500. The topological polar surface area (TPSA) is 20.2 Å². The summed E-state index contributed by atoms with van der Waals surface area (Å²) < 4.78 is 74.1. The number of aliphatic hydroxyl groups is 1. The molecule has 0 aromatic heterocycles. The molecule has 0 spiro atoms. The highest BCUT2D eigenvalue weighted by atomic mass is 19.4. The van der Waals surface area contributed by atoms with Gasteiger partial charge in [-0.25, -0.2) is 0 Å². The highest BCUT2D eigenvalue weighted by Gasteiger charge is 2.69. The van der Waals surface area contributed by atoms with Crippen molar-refractivity contribution in [1.29, 1.82) is 0 Å². The lowest BCUT2D eigenvalue weighted by molar-refractivity contribution is -0.322. The zero-order chi connectivity index (χ0) is 11.9. The van der Waals surface area contributed by atoms with Crippen molar-refractivity contribution in [2.45, 2.75) is 18.8 Å². The van der Waals surface area contributed by atoms with E-state index < -0.39 is 29.9 Å². The summed E-state index contributed by atoms with van der Waals surface area (Å²) in [6, 6.07) is 0. The lowest BCUT2D eigenvalue weighted by atomic mass is 9.79. The first-order valence-corrected chi connectivity index (χ1v) is 3.81. The van der Waals surface area contributed by atoms with E-state index in [0.717, 1.165) is 6.08 Å². The third-order valence-corrected chi connectivity index (χ3v) is 2.14. The maximum absolute atomic E-state index is 12.4. The molecule has 1 aliphatic rings. The van der Waals surface area contributed by atoms with Crippen LogP contribution in [0, 0.1) is 5.41 Å². The van der Waals surface area contributed by atoms with E-state index >= 15 is 0 Å². The molecule has 0 amide bonds. The zero-order valence-corrected chi connectivity index (χ0v) is 7.15. The van der Waals surface area contributed by atoms with Gasteiger partial charge in [0.05, 0.1) is 5.76 Å². The number of aliphatic hydroxyl groups excluding tert-OH is 1. The van der Waals surface area contributed by atoms with Gasteiger partial charge >= 0.3 is 12.4 Å². The van der Waals surface area contributed by atoms with Crippen LogP contribution in [0.2, 0.25) is 0 Å². The second kappa shape index (κ2) is 3.18. The van der Waals surface area contributed by atoms with Crippen LogP contribution in [0.4, 0.5) is 26.3 Å². The van der Waals surface area contributed by atoms with Crippen molar-refractivity contribution < 1.29 is 31.4 Å². The Morgan fingerprint density at radius 1 is 1.07 bits per heavy atom. The van der Waals surface area contributed by atoms with Crippen LogP contribution in [0.3, 0.4) is 0 Å². The van der Waals surface area contributed by atoms with Crippen molar-refractivity contribution in [3.8, 4) is 0 Å². The van der Waals surface area contributed by atoms with Crippen LogP contribution in [0.1, 0.15) is 6.42 Å². The first-order chi connectivity index (χ1) is 6.60. The molecular weight excluding hydrogens is 226 g/mol. The van der Waals surface area contributed by atoms with Crippen LogP contribution >= 0.6 is 0 Å². The van der Waals surface area contributed by atoms with Gasteiger partial charge < -0.3 is 5.11 Å². The molecule has 0 saturated carbocycles. The molecule has 0 bridgehead atoms. The van der Waals surface area contributed by atoms with Crippen molar-refractivity contribution in [2.24, 2.45) is 5.41 Å². The normalized spacial score (nSPS) is 21.3. The van der Waals surface area contributed by atoms with Gasteiger partial charge in [0.15, 0.2) is 5.41 Å². The lowest BCUT2D eigenvalue weighted by Gasteiger charge is -2.35. The van der Waals surface area contributed by atoms with Gasteiger partial charge in [0, 0.05) is 6.42 Å². The van der Waals surface area contributed by atoms with Gasteiger partial charge in [-0.1, -0.05) is 12.2 Å². The summed E-state index contributed by atoms with van der Waals surface area (Å²) >= 11 is 0. The molecular formula is C8H6F6O. The summed E-state index contributed by atoms with van der Waals surface area (Å²) in [4.78, 5) is 0. The van der Waals surface area contributed by atoms with Crippen LogP contribution in [-0.2, 0) is 0 Å². The molecule has 1 N–H and O–H groups in total. The maximum Gasteiger partial charge on any atom is 0.407 e. The first-order valence-electron chi connectivity index (χ1n) is 3.81. The predicted molar refractivity (Wildman–Crippen MR) is 39.0 cm³/mol. The van der Waals surface area contributed by atoms with Crippen LogP contribution in [0.15, 0.2) is 24.0 Å². The molecule has 0 aliphatic heterocycles. The SMILES string of the molecule is OC1=CC=CC(C(F)(F)F)(C(F)(F)F)C1. The molecule has 0 fully saturated rings. The van der Waals surface area contributed by atoms with Crippen molar-refractivity contribution in [3.05, 3.63) is 24.0 Å². The minimum Gasteiger partial charge on any atom is -0.512 e. The quantitative estimate of drug-likeness (QED) is 0.633. The van der Waals surface area contributed by atoms with E-state index in [2.05, 4.69) is 0 Å². The molecule has 0 radical (unpaired) electrons. The summed E-state index contributed by atoms with van der Waals surface area (Å²) in [5.41, 5.74) is -3.97. The van der Waals surface area contributed by atoms with Gasteiger partial charge in [0.2, 0.25) is 0 Å². The number of hydrogen-bond acceptors (Lipinski definition) is 1. The molecule has 15 heavy (non-hydrogen) atoms. The highest BCUT2D eigenvalue weighted by Crippen LogP contribution is 2.55. The van der Waals surface area contributed by atoms with E-state index in [1.165, 1.54) is 0 Å². The van der Waals surface area contributed by atoms with Crippen LogP contribution < -0.4 is 0 Å². The van der Waals surface area contributed by atoms with Gasteiger partial charge in [-0.2, -0.15) is 26.3 Å². The van der Waals surface area contributed by atoms with Crippen LogP contribution in [-0.4, -0.2) is 17.5 Å². The van der Waals surface area contributed by atoms with Gasteiger partial charge in [0.25, 0.3) is 0 Å². The third kappa shape index (κ3) is 1.82. The van der Waals surface area contributed by atoms with E-state index in [1.807, 2.05) is 0 Å². The van der Waals surface area contributed by atoms with Gasteiger partial charge in [-0.3, -0.25) is 0 Å². The first kappa shape index (κ1) is 11.9. The zero-order valence-electron chi connectivity index (χ0n) is 7.15. The Labute approximate surface area is 80.7 Å². The summed E-state index contributed by atoms with van der Waals surface area (Å²) in [6.07, 6.45) is -11.1. The molecule has 0 unspecified atom stereocenters. The van der Waals surface area contributed by atoms with Crippen molar-refractivity contribution >= 4 is 0 Å². The van der Waals surface area contributed by atoms with E-state index in [0.29, 0.717) is 6.08 Å². The second-order valence-corrected chi connectivity index (χ2v) is 3.16. The molecule has 7 heteroatoms. The molecule has 0 atom stereocenters. The number of halogens is 6. The van der Waals surface area contributed by atoms with Crippen molar-refractivity contribution in [2.75, 3.05) is 0 Å². The van der Waals surface area contributed by atoms with E-state index in [1.54, 1.807) is 0 Å². The van der Waals surface area contributed by atoms with Crippen LogP contribution in [0.25, 0.3) is 0 Å². The molecule has 0 aromatic carbocycles. The molecule has 1 aliphatic carbocycles. The van der Waals surface area contributed by atoms with E-state index in [-0.39, 0.29) is 6.08 Å². The summed E-state index contributed by atoms with van der Waals surface area (Å²) in [5.74, 6) is -0.938. The Morgan fingerprint density at radius 3 is 1.80 bits per heavy atom. The molecule has 1 rings (SSSR count). The summed E-state index contributed by atoms with van der Waals surface area (Å²) in [5, 5.41) is 8.78. The van der Waals surface area contributed by atoms with Gasteiger partial charge in [0.1, 0.15) is 0 Å². The van der Waals surface area contributed by atoms with Crippen molar-refractivity contribution in [3.63, 3.8) is 0 Å². The fourth-order valence-electron chi connectivity index (χ4n) is 1.28. The lowest BCUT2D eigenvalue weighted by Crippen LogP contribution is -2.49. The Bertz CT molecular complexity index is 294. The Morgan fingerprint density at radius 2 is 1.53 bits per heavy atom. The Balaban J connectivity index is 3.23. The molecule has 86 valence electrons. The molecule has 0 aromatic rings. The predicted octanol–water partition coefficient (Wildman–Crippen LogP) is 3.50. The standard InChI is InChI=1S/C8H6F6O/c9-7(10,11)6(8(12,13)14)3-1-2-5(15)4-6/h1-3,15H,4H2. The summed E-state index contributed by atoms with van der Waals surface area (Å²) in [6.45, 7) is 0.